The predicted octanol–water partition coefficient (Wildman–Crippen LogP) is 3.63. The summed E-state index contributed by atoms with van der Waals surface area (Å²) in [5, 5.41) is 11.3. The summed E-state index contributed by atoms with van der Waals surface area (Å²) in [7, 11) is 1.53. The summed E-state index contributed by atoms with van der Waals surface area (Å²) in [6.07, 6.45) is 0. The van der Waals surface area contributed by atoms with Crippen LogP contribution in [0.1, 0.15) is 35.8 Å². The number of hydrogen-bond acceptors (Lipinski definition) is 8. The molecule has 0 bridgehead atoms. The summed E-state index contributed by atoms with van der Waals surface area (Å²) in [4.78, 5) is 63.6. The first-order valence-electron chi connectivity index (χ1n) is 14.8. The van der Waals surface area contributed by atoms with Gasteiger partial charge < -0.3 is 30.1 Å². The Morgan fingerprint density at radius 1 is 0.978 bits per heavy atom. The average Bonchev–Trinajstić information content (AvgIpc) is 3.05. The van der Waals surface area contributed by atoms with Gasteiger partial charge in [0.1, 0.15) is 28.6 Å². The molecule has 242 valence electrons. The summed E-state index contributed by atoms with van der Waals surface area (Å²) in [5.41, 5.74) is 1.69. The SMILES string of the molecule is [2H]N(CC(=O)N[C@H](C(=O)O)C(C)C)C(=O)COc1ccc([C@@H]2[C@@H](SCC(=O)c3ccc(OC)cc3)C(=O)N2c2ccc(F)cc2)cc1. The number of benzene rings is 3. The Morgan fingerprint density at radius 2 is 1.61 bits per heavy atom. The number of halogens is 1. The monoisotopic (exact) mass is 652 g/mol. The van der Waals surface area contributed by atoms with Crippen LogP contribution in [0.5, 0.6) is 11.5 Å². The molecule has 0 aromatic heterocycles. The lowest BCUT2D eigenvalue weighted by Gasteiger charge is -2.47. The molecular weight excluding hydrogens is 617 g/mol. The number of carboxylic acid groups (broad SMARTS) is 1. The quantitative estimate of drug-likeness (QED) is 0.165. The second-order valence-corrected chi connectivity index (χ2v) is 11.8. The average molecular weight is 653 g/mol. The molecule has 0 unspecified atom stereocenters. The van der Waals surface area contributed by atoms with Crippen LogP contribution < -0.4 is 25.0 Å². The number of methoxy groups -OCH3 is 1. The van der Waals surface area contributed by atoms with Gasteiger partial charge in [-0.25, -0.2) is 9.18 Å². The van der Waals surface area contributed by atoms with Gasteiger partial charge in [0.2, 0.25) is 11.8 Å². The van der Waals surface area contributed by atoms with Gasteiger partial charge >= 0.3 is 5.97 Å². The number of nitrogens with zero attached hydrogens (tertiary/aromatic N) is 1. The van der Waals surface area contributed by atoms with Crippen LogP contribution in [0.2, 0.25) is 1.41 Å². The molecule has 0 saturated carbocycles. The molecule has 3 N–H and O–H groups in total. The number of ketones is 1. The summed E-state index contributed by atoms with van der Waals surface area (Å²) in [6.45, 7) is 2.01. The van der Waals surface area contributed by atoms with E-state index < -0.39 is 60.0 Å². The molecule has 4 rings (SSSR count). The number of thioether (sulfide) groups is 1. The van der Waals surface area contributed by atoms with Crippen molar-refractivity contribution in [3.8, 4) is 11.5 Å². The third kappa shape index (κ3) is 8.42. The van der Waals surface area contributed by atoms with Crippen molar-refractivity contribution in [3.63, 3.8) is 0 Å². The second-order valence-electron chi connectivity index (χ2n) is 10.7. The van der Waals surface area contributed by atoms with Crippen molar-refractivity contribution in [2.24, 2.45) is 5.92 Å². The topological polar surface area (TPSA) is 151 Å². The fourth-order valence-electron chi connectivity index (χ4n) is 4.71. The Morgan fingerprint density at radius 3 is 2.20 bits per heavy atom. The van der Waals surface area contributed by atoms with Crippen LogP contribution in [0.3, 0.4) is 0 Å². The van der Waals surface area contributed by atoms with Gasteiger partial charge in [0.05, 0.1) is 25.4 Å². The minimum absolute atomic E-state index is 0.0515. The van der Waals surface area contributed by atoms with Gasteiger partial charge in [-0.3, -0.25) is 19.2 Å². The molecular formula is C33H34FN3O8S. The zero-order chi connectivity index (χ0) is 34.2. The highest BCUT2D eigenvalue weighted by atomic mass is 32.2. The third-order valence-corrected chi connectivity index (χ3v) is 8.44. The Bertz CT molecular complexity index is 1610. The molecule has 0 radical (unpaired) electrons. The number of carbonyl (C=O) groups excluding carboxylic acids is 4. The number of nitrogens with one attached hydrogen (secondary N) is 2. The number of β-lactam (4-membered cyclic amide) rings is 1. The largest absolute Gasteiger partial charge is 0.497 e. The first-order chi connectivity index (χ1) is 22.4. The third-order valence-electron chi connectivity index (χ3n) is 7.19. The van der Waals surface area contributed by atoms with Crippen LogP contribution in [0.25, 0.3) is 0 Å². The van der Waals surface area contributed by atoms with Crippen molar-refractivity contribution in [2.75, 3.05) is 30.9 Å². The molecule has 11 nitrogen and oxygen atoms in total. The molecule has 46 heavy (non-hydrogen) atoms. The molecule has 3 aromatic carbocycles. The van der Waals surface area contributed by atoms with Gasteiger partial charge in [0, 0.05) is 11.3 Å². The van der Waals surface area contributed by atoms with E-state index in [2.05, 4.69) is 5.32 Å². The van der Waals surface area contributed by atoms with E-state index in [1.807, 2.05) is 0 Å². The van der Waals surface area contributed by atoms with Crippen molar-refractivity contribution < 1.29 is 44.4 Å². The predicted molar refractivity (Wildman–Crippen MR) is 170 cm³/mol. The molecule has 1 saturated heterocycles. The van der Waals surface area contributed by atoms with Crippen LogP contribution in [0.4, 0.5) is 10.1 Å². The van der Waals surface area contributed by atoms with E-state index in [1.54, 1.807) is 62.4 Å². The van der Waals surface area contributed by atoms with Crippen molar-refractivity contribution in [3.05, 3.63) is 89.7 Å². The molecule has 0 aliphatic carbocycles. The molecule has 1 aliphatic heterocycles. The Balaban J connectivity index is 1.40. The molecule has 1 heterocycles. The number of rotatable bonds is 15. The molecule has 0 spiro atoms. The Kier molecular flexibility index (Phi) is 10.9. The lowest BCUT2D eigenvalue weighted by Crippen LogP contribution is -2.57. The van der Waals surface area contributed by atoms with Crippen molar-refractivity contribution >= 4 is 46.9 Å². The molecule has 3 amide bonds. The number of ether oxygens (including phenoxy) is 2. The standard InChI is InChI=1S/C33H34FN3O8S/c1-19(2)29(33(42)43)36-27(39)16-35-28(40)17-45-25-14-6-21(7-15-25)30-31(32(41)37(30)23-10-8-22(34)9-11-23)46-18-26(38)20-4-12-24(44-3)13-5-20/h4-15,19,29-31H,16-18H2,1-3H3,(H,35,40)(H,36,39)(H,42,43)/t29-,30+,31+/m0/s1/i/hD. The number of Topliss-reactive ketones (excluding diaryl/α,β-unsaturated/α-hetero) is 1. The molecule has 1 fully saturated rings. The van der Waals surface area contributed by atoms with Crippen LogP contribution in [0, 0.1) is 11.7 Å². The number of amides is 3. The van der Waals surface area contributed by atoms with Gasteiger partial charge in [0.25, 0.3) is 5.91 Å². The lowest BCUT2D eigenvalue weighted by molar-refractivity contribution is -0.143. The van der Waals surface area contributed by atoms with Crippen LogP contribution in [-0.4, -0.2) is 71.9 Å². The van der Waals surface area contributed by atoms with Crippen LogP contribution in [0.15, 0.2) is 72.8 Å². The zero-order valence-corrected chi connectivity index (χ0v) is 26.2. The Hall–Kier alpha value is -4.91. The van der Waals surface area contributed by atoms with Crippen LogP contribution >= 0.6 is 11.8 Å². The second kappa shape index (κ2) is 15.4. The summed E-state index contributed by atoms with van der Waals surface area (Å²) in [6, 6.07) is 17.2. The van der Waals surface area contributed by atoms with Crippen LogP contribution in [-0.2, 0) is 19.2 Å². The molecule has 3 aromatic rings. The maximum absolute atomic E-state index is 13.6. The number of anilines is 1. The first-order valence-corrected chi connectivity index (χ1v) is 15.4. The van der Waals surface area contributed by atoms with E-state index in [9.17, 15) is 33.5 Å². The van der Waals surface area contributed by atoms with Gasteiger partial charge in [-0.15, -0.1) is 11.8 Å². The number of carboxylic acids is 1. The van der Waals surface area contributed by atoms with Gasteiger partial charge in [0.15, 0.2) is 13.8 Å². The summed E-state index contributed by atoms with van der Waals surface area (Å²) < 4.78 is 32.1. The van der Waals surface area contributed by atoms with E-state index >= 15 is 0 Å². The van der Waals surface area contributed by atoms with E-state index in [0.29, 0.717) is 27.9 Å². The minimum atomic E-state index is -1.22. The zero-order valence-electron chi connectivity index (χ0n) is 26.3. The lowest BCUT2D eigenvalue weighted by atomic mass is 9.92. The summed E-state index contributed by atoms with van der Waals surface area (Å²) in [5.74, 6) is -3.12. The minimum Gasteiger partial charge on any atom is -0.497 e. The fourth-order valence-corrected chi connectivity index (χ4v) is 5.92. The molecule has 3 atom stereocenters. The highest BCUT2D eigenvalue weighted by molar-refractivity contribution is 8.01. The van der Waals surface area contributed by atoms with E-state index in [0.717, 1.165) is 0 Å². The Labute approximate surface area is 270 Å². The normalized spacial score (nSPS) is 16.6. The van der Waals surface area contributed by atoms with Crippen molar-refractivity contribution in [1.29, 1.82) is 0 Å². The van der Waals surface area contributed by atoms with E-state index in [1.165, 1.54) is 48.0 Å². The van der Waals surface area contributed by atoms with Crippen molar-refractivity contribution in [1.82, 2.24) is 10.6 Å². The van der Waals surface area contributed by atoms with Crippen molar-refractivity contribution in [2.45, 2.75) is 31.2 Å². The number of hydrogen-bond donors (Lipinski definition) is 3. The number of carbonyl (C=O) groups is 5. The van der Waals surface area contributed by atoms with Gasteiger partial charge in [-0.1, -0.05) is 26.0 Å². The summed E-state index contributed by atoms with van der Waals surface area (Å²) >= 11 is 1.21. The maximum atomic E-state index is 13.6. The number of aliphatic carboxylic acids is 1. The van der Waals surface area contributed by atoms with E-state index in [4.69, 9.17) is 10.9 Å². The molecule has 13 heteroatoms. The first kappa shape index (κ1) is 32.5. The maximum Gasteiger partial charge on any atom is 0.326 e. The van der Waals surface area contributed by atoms with Gasteiger partial charge in [-0.05, 0) is 72.1 Å². The highest BCUT2D eigenvalue weighted by Gasteiger charge is 2.49. The molecule has 1 aliphatic rings. The van der Waals surface area contributed by atoms with Gasteiger partial charge in [-0.2, -0.15) is 0 Å². The highest BCUT2D eigenvalue weighted by Crippen LogP contribution is 2.45. The smallest absolute Gasteiger partial charge is 0.326 e. The van der Waals surface area contributed by atoms with E-state index in [-0.39, 0.29) is 23.2 Å². The fraction of sp³-hybridized carbons (Fsp3) is 0.303.